The summed E-state index contributed by atoms with van der Waals surface area (Å²) in [4.78, 5) is 12.8. The van der Waals surface area contributed by atoms with Crippen molar-refractivity contribution in [2.24, 2.45) is 0 Å². The molecule has 2 aromatic carbocycles. The first kappa shape index (κ1) is 15.9. The van der Waals surface area contributed by atoms with Crippen molar-refractivity contribution < 1.29 is 14.1 Å². The average molecular weight is 381 g/mol. The van der Waals surface area contributed by atoms with Gasteiger partial charge in [-0.15, -0.1) is 0 Å². The number of rotatable bonds is 3. The summed E-state index contributed by atoms with van der Waals surface area (Å²) in [5, 5.41) is 11.3. The summed E-state index contributed by atoms with van der Waals surface area (Å²) in [6.07, 6.45) is -0.243. The van der Waals surface area contributed by atoms with E-state index in [-0.39, 0.29) is 22.5 Å². The van der Waals surface area contributed by atoms with E-state index in [1.807, 2.05) is 4.90 Å². The Labute approximate surface area is 141 Å². The van der Waals surface area contributed by atoms with Crippen LogP contribution in [0.3, 0.4) is 0 Å². The maximum atomic E-state index is 13.0. The Balaban J connectivity index is 1.87. The molecule has 0 aromatic heterocycles. The lowest BCUT2D eigenvalue weighted by molar-refractivity contribution is -0.384. The zero-order valence-electron chi connectivity index (χ0n) is 12.1. The SMILES string of the molecule is O=[N+]([O-])c1cc(Br)ccc1N1CCOC(c2ccc(F)cc2)C1. The van der Waals surface area contributed by atoms with Gasteiger partial charge in [0, 0.05) is 23.6 Å². The standard InChI is InChI=1S/C16H14BrFN2O3/c17-12-3-6-14(15(9-12)20(21)22)19-7-8-23-16(10-19)11-1-4-13(18)5-2-11/h1-6,9,16H,7-8,10H2. The number of morpholine rings is 1. The van der Waals surface area contributed by atoms with Crippen molar-refractivity contribution in [1.82, 2.24) is 0 Å². The van der Waals surface area contributed by atoms with Crippen LogP contribution in [-0.4, -0.2) is 24.6 Å². The fourth-order valence-electron chi connectivity index (χ4n) is 2.66. The summed E-state index contributed by atoms with van der Waals surface area (Å²) in [6.45, 7) is 1.50. The third kappa shape index (κ3) is 3.51. The molecule has 2 aromatic rings. The Morgan fingerprint density at radius 3 is 2.70 bits per heavy atom. The molecule has 1 unspecified atom stereocenters. The third-order valence-electron chi connectivity index (χ3n) is 3.78. The first-order chi connectivity index (χ1) is 11.0. The van der Waals surface area contributed by atoms with Gasteiger partial charge in [-0.25, -0.2) is 4.39 Å². The van der Waals surface area contributed by atoms with Crippen LogP contribution in [0.4, 0.5) is 15.8 Å². The average Bonchev–Trinajstić information content (AvgIpc) is 2.55. The number of ether oxygens (including phenoxy) is 1. The number of nitrogens with zero attached hydrogens (tertiary/aromatic N) is 2. The molecule has 1 fully saturated rings. The fraction of sp³-hybridized carbons (Fsp3) is 0.250. The topological polar surface area (TPSA) is 55.6 Å². The van der Waals surface area contributed by atoms with Crippen molar-refractivity contribution in [1.29, 1.82) is 0 Å². The van der Waals surface area contributed by atoms with Gasteiger partial charge in [0.05, 0.1) is 11.5 Å². The molecule has 1 saturated heterocycles. The van der Waals surface area contributed by atoms with E-state index >= 15 is 0 Å². The van der Waals surface area contributed by atoms with E-state index < -0.39 is 0 Å². The Bertz CT molecular complexity index is 724. The smallest absolute Gasteiger partial charge is 0.293 e. The maximum Gasteiger partial charge on any atom is 0.293 e. The Morgan fingerprint density at radius 1 is 1.26 bits per heavy atom. The van der Waals surface area contributed by atoms with Crippen LogP contribution < -0.4 is 4.90 Å². The molecule has 0 aliphatic carbocycles. The molecule has 0 radical (unpaired) electrons. The first-order valence-corrected chi connectivity index (χ1v) is 7.90. The van der Waals surface area contributed by atoms with Gasteiger partial charge in [0.2, 0.25) is 0 Å². The minimum Gasteiger partial charge on any atom is -0.370 e. The number of nitro benzene ring substituents is 1. The van der Waals surface area contributed by atoms with Crippen LogP contribution in [0.2, 0.25) is 0 Å². The molecule has 0 N–H and O–H groups in total. The largest absolute Gasteiger partial charge is 0.370 e. The summed E-state index contributed by atoms with van der Waals surface area (Å²) in [7, 11) is 0. The molecule has 1 aliphatic heterocycles. The van der Waals surface area contributed by atoms with Gasteiger partial charge in [-0.1, -0.05) is 28.1 Å². The molecular weight excluding hydrogens is 367 g/mol. The van der Waals surface area contributed by atoms with Crippen LogP contribution >= 0.6 is 15.9 Å². The molecule has 0 spiro atoms. The highest BCUT2D eigenvalue weighted by atomic mass is 79.9. The molecular formula is C16H14BrFN2O3. The number of hydrogen-bond acceptors (Lipinski definition) is 4. The minimum absolute atomic E-state index is 0.0548. The summed E-state index contributed by atoms with van der Waals surface area (Å²) >= 11 is 3.26. The quantitative estimate of drug-likeness (QED) is 0.594. The van der Waals surface area contributed by atoms with Gasteiger partial charge >= 0.3 is 0 Å². The summed E-state index contributed by atoms with van der Waals surface area (Å²) < 4.78 is 19.4. The minimum atomic E-state index is -0.386. The second-order valence-electron chi connectivity index (χ2n) is 5.25. The molecule has 1 heterocycles. The van der Waals surface area contributed by atoms with E-state index in [1.165, 1.54) is 18.2 Å². The molecule has 7 heteroatoms. The van der Waals surface area contributed by atoms with Gasteiger partial charge in [0.25, 0.3) is 5.69 Å². The summed E-state index contributed by atoms with van der Waals surface area (Å²) in [6, 6.07) is 11.1. The van der Waals surface area contributed by atoms with Crippen molar-refractivity contribution in [2.75, 3.05) is 24.6 Å². The maximum absolute atomic E-state index is 13.0. The predicted molar refractivity (Wildman–Crippen MR) is 88.1 cm³/mol. The van der Waals surface area contributed by atoms with Crippen LogP contribution in [0.1, 0.15) is 11.7 Å². The fourth-order valence-corrected chi connectivity index (χ4v) is 3.01. The number of halogens is 2. The monoisotopic (exact) mass is 380 g/mol. The lowest BCUT2D eigenvalue weighted by atomic mass is 10.1. The Hall–Kier alpha value is -1.99. The zero-order chi connectivity index (χ0) is 16.4. The molecule has 23 heavy (non-hydrogen) atoms. The van der Waals surface area contributed by atoms with Crippen molar-refractivity contribution in [3.05, 3.63) is 68.4 Å². The van der Waals surface area contributed by atoms with E-state index in [0.29, 0.717) is 29.9 Å². The lowest BCUT2D eigenvalue weighted by Crippen LogP contribution is -2.38. The first-order valence-electron chi connectivity index (χ1n) is 7.10. The van der Waals surface area contributed by atoms with Gasteiger partial charge in [-0.3, -0.25) is 10.1 Å². The summed E-state index contributed by atoms with van der Waals surface area (Å²) in [5.74, 6) is -0.301. The molecule has 1 aliphatic rings. The molecule has 0 saturated carbocycles. The van der Waals surface area contributed by atoms with Crippen molar-refractivity contribution in [2.45, 2.75) is 6.10 Å². The van der Waals surface area contributed by atoms with Gasteiger partial charge in [0.15, 0.2) is 0 Å². The molecule has 3 rings (SSSR count). The van der Waals surface area contributed by atoms with Crippen molar-refractivity contribution in [3.8, 4) is 0 Å². The number of hydrogen-bond donors (Lipinski definition) is 0. The van der Waals surface area contributed by atoms with E-state index in [1.54, 1.807) is 24.3 Å². The predicted octanol–water partition coefficient (Wildman–Crippen LogP) is 4.07. The highest BCUT2D eigenvalue weighted by Gasteiger charge is 2.27. The Morgan fingerprint density at radius 2 is 2.00 bits per heavy atom. The molecule has 0 bridgehead atoms. The highest BCUT2D eigenvalue weighted by molar-refractivity contribution is 9.10. The molecule has 0 amide bonds. The van der Waals surface area contributed by atoms with Gasteiger partial charge in [-0.05, 0) is 29.8 Å². The van der Waals surface area contributed by atoms with Gasteiger partial charge in [-0.2, -0.15) is 0 Å². The van der Waals surface area contributed by atoms with Crippen LogP contribution in [-0.2, 0) is 4.74 Å². The van der Waals surface area contributed by atoms with E-state index in [9.17, 15) is 14.5 Å². The number of nitro groups is 1. The number of anilines is 1. The van der Waals surface area contributed by atoms with Gasteiger partial charge in [0.1, 0.15) is 17.6 Å². The van der Waals surface area contributed by atoms with Gasteiger partial charge < -0.3 is 9.64 Å². The van der Waals surface area contributed by atoms with Crippen LogP contribution in [0.15, 0.2) is 46.9 Å². The van der Waals surface area contributed by atoms with E-state index in [4.69, 9.17) is 4.74 Å². The number of benzene rings is 2. The van der Waals surface area contributed by atoms with Crippen LogP contribution in [0, 0.1) is 15.9 Å². The van der Waals surface area contributed by atoms with E-state index in [0.717, 1.165) is 5.56 Å². The lowest BCUT2D eigenvalue weighted by Gasteiger charge is -2.34. The normalized spacial score (nSPS) is 18.0. The van der Waals surface area contributed by atoms with Crippen molar-refractivity contribution in [3.63, 3.8) is 0 Å². The second-order valence-corrected chi connectivity index (χ2v) is 6.16. The van der Waals surface area contributed by atoms with E-state index in [2.05, 4.69) is 15.9 Å². The Kier molecular flexibility index (Phi) is 4.58. The zero-order valence-corrected chi connectivity index (χ0v) is 13.7. The molecule has 120 valence electrons. The van der Waals surface area contributed by atoms with Crippen LogP contribution in [0.5, 0.6) is 0 Å². The second kappa shape index (κ2) is 6.64. The summed E-state index contributed by atoms with van der Waals surface area (Å²) in [5.41, 5.74) is 1.48. The third-order valence-corrected chi connectivity index (χ3v) is 4.28. The molecule has 5 nitrogen and oxygen atoms in total. The van der Waals surface area contributed by atoms with Crippen LogP contribution in [0.25, 0.3) is 0 Å². The highest BCUT2D eigenvalue weighted by Crippen LogP contribution is 2.34. The molecule has 1 atom stereocenters. The van der Waals surface area contributed by atoms with Crippen molar-refractivity contribution >= 4 is 27.3 Å².